The smallest absolute Gasteiger partial charge is 0.335 e. The first-order valence-electron chi connectivity index (χ1n) is 6.80. The highest BCUT2D eigenvalue weighted by Crippen LogP contribution is 2.18. The van der Waals surface area contributed by atoms with Gasteiger partial charge in [0.2, 0.25) is 0 Å². The molecule has 106 valence electrons. The Hall–Kier alpha value is -2.17. The summed E-state index contributed by atoms with van der Waals surface area (Å²) in [6.07, 6.45) is 5.36. The van der Waals surface area contributed by atoms with Crippen LogP contribution in [0.15, 0.2) is 24.5 Å². The van der Waals surface area contributed by atoms with E-state index in [0.717, 1.165) is 24.4 Å². The van der Waals surface area contributed by atoms with E-state index in [1.165, 1.54) is 0 Å². The molecule has 0 aliphatic carbocycles. The fourth-order valence-corrected chi connectivity index (χ4v) is 2.03. The predicted octanol–water partition coefficient (Wildman–Crippen LogP) is 3.04. The van der Waals surface area contributed by atoms with Crippen molar-refractivity contribution in [3.8, 4) is 5.82 Å². The molecule has 0 saturated heterocycles. The highest BCUT2D eigenvalue weighted by atomic mass is 16.4. The van der Waals surface area contributed by atoms with Gasteiger partial charge in [0.15, 0.2) is 0 Å². The van der Waals surface area contributed by atoms with Crippen LogP contribution in [-0.4, -0.2) is 25.6 Å². The van der Waals surface area contributed by atoms with Gasteiger partial charge in [-0.15, -0.1) is 0 Å². The number of pyridine rings is 1. The standard InChI is InChI=1S/C15H19N3O2/c1-4-5-13-16-6-7-18(13)14-9-11(15(19)20)8-12(17-14)10(2)3/h6-10H,4-5H2,1-3H3,(H,19,20). The zero-order valence-electron chi connectivity index (χ0n) is 12.0. The summed E-state index contributed by atoms with van der Waals surface area (Å²) < 4.78 is 1.86. The Morgan fingerprint density at radius 3 is 2.75 bits per heavy atom. The molecule has 2 rings (SSSR count). The van der Waals surface area contributed by atoms with Crippen molar-refractivity contribution in [2.24, 2.45) is 0 Å². The van der Waals surface area contributed by atoms with E-state index < -0.39 is 5.97 Å². The lowest BCUT2D eigenvalue weighted by Gasteiger charge is -2.11. The van der Waals surface area contributed by atoms with Crippen molar-refractivity contribution in [1.29, 1.82) is 0 Å². The van der Waals surface area contributed by atoms with Gasteiger partial charge >= 0.3 is 5.97 Å². The molecule has 5 heteroatoms. The first-order chi connectivity index (χ1) is 9.52. The lowest BCUT2D eigenvalue weighted by atomic mass is 10.1. The average molecular weight is 273 g/mol. The van der Waals surface area contributed by atoms with Crippen molar-refractivity contribution >= 4 is 5.97 Å². The maximum atomic E-state index is 11.3. The molecule has 0 saturated carbocycles. The second-order valence-corrected chi connectivity index (χ2v) is 5.06. The van der Waals surface area contributed by atoms with Crippen molar-refractivity contribution in [2.75, 3.05) is 0 Å². The largest absolute Gasteiger partial charge is 0.478 e. The number of aryl methyl sites for hydroxylation is 1. The van der Waals surface area contributed by atoms with E-state index in [1.54, 1.807) is 18.3 Å². The van der Waals surface area contributed by atoms with Crippen LogP contribution in [0.3, 0.4) is 0 Å². The van der Waals surface area contributed by atoms with Crippen molar-refractivity contribution in [3.05, 3.63) is 41.6 Å². The van der Waals surface area contributed by atoms with Gasteiger partial charge in [0.25, 0.3) is 0 Å². The lowest BCUT2D eigenvalue weighted by molar-refractivity contribution is 0.0696. The van der Waals surface area contributed by atoms with Crippen LogP contribution in [0, 0.1) is 0 Å². The number of aromatic nitrogens is 3. The van der Waals surface area contributed by atoms with Crippen molar-refractivity contribution in [2.45, 2.75) is 39.5 Å². The summed E-state index contributed by atoms with van der Waals surface area (Å²) in [5.74, 6) is 0.755. The minimum atomic E-state index is -0.937. The normalized spacial score (nSPS) is 11.0. The van der Waals surface area contributed by atoms with Gasteiger partial charge in [-0.2, -0.15) is 0 Å². The third-order valence-electron chi connectivity index (χ3n) is 3.11. The van der Waals surface area contributed by atoms with Gasteiger partial charge in [0.05, 0.1) is 5.56 Å². The maximum absolute atomic E-state index is 11.3. The monoisotopic (exact) mass is 273 g/mol. The third-order valence-corrected chi connectivity index (χ3v) is 3.11. The Bertz CT molecular complexity index is 617. The average Bonchev–Trinajstić information content (AvgIpc) is 2.86. The number of hydrogen-bond donors (Lipinski definition) is 1. The third kappa shape index (κ3) is 2.87. The molecule has 0 aromatic carbocycles. The number of carboxylic acid groups (broad SMARTS) is 1. The topological polar surface area (TPSA) is 68.0 Å². The van der Waals surface area contributed by atoms with Crippen LogP contribution < -0.4 is 0 Å². The fourth-order valence-electron chi connectivity index (χ4n) is 2.03. The number of imidazole rings is 1. The van der Waals surface area contributed by atoms with E-state index in [2.05, 4.69) is 16.9 Å². The molecule has 0 amide bonds. The number of rotatable bonds is 5. The van der Waals surface area contributed by atoms with Crippen molar-refractivity contribution < 1.29 is 9.90 Å². The van der Waals surface area contributed by atoms with Gasteiger partial charge < -0.3 is 5.11 Å². The summed E-state index contributed by atoms with van der Waals surface area (Å²) in [6.45, 7) is 6.08. The zero-order chi connectivity index (χ0) is 14.7. The summed E-state index contributed by atoms with van der Waals surface area (Å²) in [5.41, 5.74) is 1.03. The molecule has 0 atom stereocenters. The summed E-state index contributed by atoms with van der Waals surface area (Å²) in [4.78, 5) is 20.1. The molecule has 0 unspecified atom stereocenters. The van der Waals surface area contributed by atoms with Gasteiger partial charge in [-0.3, -0.25) is 4.57 Å². The molecule has 0 fully saturated rings. The minimum absolute atomic E-state index is 0.172. The van der Waals surface area contributed by atoms with E-state index in [0.29, 0.717) is 5.82 Å². The van der Waals surface area contributed by atoms with E-state index >= 15 is 0 Å². The fraction of sp³-hybridized carbons (Fsp3) is 0.400. The summed E-state index contributed by atoms with van der Waals surface area (Å²) in [5, 5.41) is 9.23. The summed E-state index contributed by atoms with van der Waals surface area (Å²) >= 11 is 0. The molecule has 5 nitrogen and oxygen atoms in total. The van der Waals surface area contributed by atoms with Crippen molar-refractivity contribution in [1.82, 2.24) is 14.5 Å². The number of carbonyl (C=O) groups is 1. The summed E-state index contributed by atoms with van der Waals surface area (Å²) in [6, 6.07) is 3.22. The van der Waals surface area contributed by atoms with Crippen molar-refractivity contribution in [3.63, 3.8) is 0 Å². The molecule has 0 bridgehead atoms. The molecular weight excluding hydrogens is 254 g/mol. The Kier molecular flexibility index (Phi) is 4.17. The number of hydrogen-bond acceptors (Lipinski definition) is 3. The zero-order valence-corrected chi connectivity index (χ0v) is 12.0. The van der Waals surface area contributed by atoms with Crippen LogP contribution in [0.5, 0.6) is 0 Å². The van der Waals surface area contributed by atoms with E-state index in [4.69, 9.17) is 0 Å². The van der Waals surface area contributed by atoms with Crippen LogP contribution in [0.1, 0.15) is 55.0 Å². The molecule has 0 aliphatic rings. The van der Waals surface area contributed by atoms with E-state index in [-0.39, 0.29) is 11.5 Å². The van der Waals surface area contributed by atoms with Crippen LogP contribution >= 0.6 is 0 Å². The molecule has 0 aliphatic heterocycles. The quantitative estimate of drug-likeness (QED) is 0.909. The molecule has 0 spiro atoms. The van der Waals surface area contributed by atoms with Crippen LogP contribution in [0.2, 0.25) is 0 Å². The van der Waals surface area contributed by atoms with E-state index in [9.17, 15) is 9.90 Å². The molecule has 20 heavy (non-hydrogen) atoms. The molecule has 2 aromatic rings. The highest BCUT2D eigenvalue weighted by molar-refractivity contribution is 5.88. The van der Waals surface area contributed by atoms with Crippen LogP contribution in [0.25, 0.3) is 5.82 Å². The lowest BCUT2D eigenvalue weighted by Crippen LogP contribution is -2.08. The summed E-state index contributed by atoms with van der Waals surface area (Å²) in [7, 11) is 0. The van der Waals surface area contributed by atoms with Gasteiger partial charge in [0, 0.05) is 24.5 Å². The highest BCUT2D eigenvalue weighted by Gasteiger charge is 2.13. The van der Waals surface area contributed by atoms with Crippen LogP contribution in [-0.2, 0) is 6.42 Å². The molecule has 2 aromatic heterocycles. The molecular formula is C15H19N3O2. The minimum Gasteiger partial charge on any atom is -0.478 e. The second-order valence-electron chi connectivity index (χ2n) is 5.06. The Morgan fingerprint density at radius 2 is 2.15 bits per heavy atom. The van der Waals surface area contributed by atoms with Gasteiger partial charge in [-0.1, -0.05) is 20.8 Å². The van der Waals surface area contributed by atoms with Gasteiger partial charge in [-0.05, 0) is 24.5 Å². The van der Waals surface area contributed by atoms with Gasteiger partial charge in [-0.25, -0.2) is 14.8 Å². The van der Waals surface area contributed by atoms with Crippen LogP contribution in [0.4, 0.5) is 0 Å². The Balaban J connectivity index is 2.55. The molecule has 2 heterocycles. The SMILES string of the molecule is CCCc1nccn1-c1cc(C(=O)O)cc(C(C)C)n1. The number of nitrogens with zero attached hydrogens (tertiary/aromatic N) is 3. The predicted molar refractivity (Wildman–Crippen MR) is 76.4 cm³/mol. The maximum Gasteiger partial charge on any atom is 0.335 e. The Morgan fingerprint density at radius 1 is 1.40 bits per heavy atom. The second kappa shape index (κ2) is 5.86. The first kappa shape index (κ1) is 14.2. The Labute approximate surface area is 118 Å². The van der Waals surface area contributed by atoms with E-state index in [1.807, 2.05) is 24.6 Å². The van der Waals surface area contributed by atoms with Gasteiger partial charge in [0.1, 0.15) is 11.6 Å². The molecule has 0 radical (unpaired) electrons. The number of carboxylic acids is 1. The molecule has 1 N–H and O–H groups in total. The number of aromatic carboxylic acids is 1. The first-order valence-corrected chi connectivity index (χ1v) is 6.80.